The molecular weight excluding hydrogens is 669 g/mol. The molecule has 0 aliphatic rings. The van der Waals surface area contributed by atoms with Crippen LogP contribution in [0.2, 0.25) is 0 Å². The van der Waals surface area contributed by atoms with Crippen LogP contribution in [0.5, 0.6) is 0 Å². The minimum absolute atomic E-state index is 0. The van der Waals surface area contributed by atoms with E-state index >= 15 is 0 Å². The average Bonchev–Trinajstić information content (AvgIpc) is 2.91. The van der Waals surface area contributed by atoms with Crippen molar-refractivity contribution < 1.29 is 107 Å². The zero-order valence-corrected chi connectivity index (χ0v) is 29.1. The van der Waals surface area contributed by atoms with Crippen molar-refractivity contribution in [1.29, 1.82) is 0 Å². The van der Waals surface area contributed by atoms with Gasteiger partial charge in [0.25, 0.3) is 0 Å². The van der Waals surface area contributed by atoms with Crippen molar-refractivity contribution >= 4 is 28.0 Å². The molecule has 0 saturated heterocycles. The van der Waals surface area contributed by atoms with Crippen LogP contribution in [-0.4, -0.2) is 81.9 Å². The summed E-state index contributed by atoms with van der Waals surface area (Å²) < 4.78 is 130. The van der Waals surface area contributed by atoms with Gasteiger partial charge in [0.1, 0.15) is 10.1 Å². The summed E-state index contributed by atoms with van der Waals surface area (Å²) in [6.45, 7) is 0.0502. The quantitative estimate of drug-likeness (QED) is 0.0325. The summed E-state index contributed by atoms with van der Waals surface area (Å²) in [5, 5.41) is -2.65. The van der Waals surface area contributed by atoms with E-state index in [1.165, 1.54) is 0 Å². The fourth-order valence-electron chi connectivity index (χ4n) is 3.95. The summed E-state index contributed by atoms with van der Waals surface area (Å²) in [5.41, 5.74) is 0. The molecule has 0 heterocycles. The van der Waals surface area contributed by atoms with E-state index in [1.54, 1.807) is 0 Å². The summed E-state index contributed by atoms with van der Waals surface area (Å²) in [7, 11) is -5.58. The number of rotatable bonds is 26. The molecule has 0 aromatic heterocycles. The minimum atomic E-state index is -5.58. The van der Waals surface area contributed by atoms with Crippen molar-refractivity contribution in [2.45, 2.75) is 115 Å². The third-order valence-electron chi connectivity index (χ3n) is 6.21. The molecule has 0 N–H and O–H groups in total. The van der Waals surface area contributed by atoms with Gasteiger partial charge >= 0.3 is 60.2 Å². The van der Waals surface area contributed by atoms with Crippen molar-refractivity contribution in [3.8, 4) is 0 Å². The summed E-state index contributed by atoms with van der Waals surface area (Å²) in [4.78, 5) is 38.0. The van der Waals surface area contributed by atoms with Gasteiger partial charge in [-0.15, -0.1) is 26.3 Å². The van der Waals surface area contributed by atoms with E-state index in [2.05, 4.69) is 9.47 Å². The first-order valence-electron chi connectivity index (χ1n) is 14.8. The molecule has 11 nitrogen and oxygen atoms in total. The van der Waals surface area contributed by atoms with E-state index in [0.29, 0.717) is 12.8 Å². The monoisotopic (exact) mass is 712 g/mol. The van der Waals surface area contributed by atoms with Crippen LogP contribution in [0.3, 0.4) is 0 Å². The first-order valence-corrected chi connectivity index (χ1v) is 16.3. The molecule has 2 atom stereocenters. The third-order valence-corrected chi connectivity index (χ3v) is 7.35. The number of carbonyl (C=O) groups excluding carboxylic acids is 3. The van der Waals surface area contributed by atoms with Gasteiger partial charge in [-0.3, -0.25) is 23.9 Å². The Morgan fingerprint density at radius 1 is 0.609 bits per heavy atom. The molecule has 46 heavy (non-hydrogen) atoms. The first-order chi connectivity index (χ1) is 21.0. The Labute approximate surface area is 287 Å². The predicted octanol–water partition coefficient (Wildman–Crippen LogP) is 2.70. The maximum Gasteiger partial charge on any atom is 1.00 e. The van der Waals surface area contributed by atoms with Crippen molar-refractivity contribution in [3.05, 3.63) is 0 Å². The number of esters is 3. The maximum absolute atomic E-state index is 12.8. The molecule has 0 aliphatic carbocycles. The van der Waals surface area contributed by atoms with Crippen molar-refractivity contribution in [2.75, 3.05) is 33.0 Å². The topological polar surface area (TPSA) is 155 Å². The van der Waals surface area contributed by atoms with Gasteiger partial charge in [0, 0.05) is 0 Å². The Balaban J connectivity index is 0. The number of halogens is 6. The summed E-state index contributed by atoms with van der Waals surface area (Å²) >= 11 is 0. The average molecular weight is 713 g/mol. The number of unbranched alkanes of at least 4 members (excludes halogenated alkanes) is 10. The van der Waals surface area contributed by atoms with Gasteiger partial charge in [-0.1, -0.05) is 45.4 Å². The molecule has 0 radical (unpaired) electrons. The minimum Gasteiger partial charge on any atom is -0.747 e. The van der Waals surface area contributed by atoms with E-state index in [0.717, 1.165) is 25.7 Å². The summed E-state index contributed by atoms with van der Waals surface area (Å²) in [6, 6.07) is 0. The summed E-state index contributed by atoms with van der Waals surface area (Å²) in [5.74, 6) is -6.13. The number of carbonyl (C=O) groups is 3. The fraction of sp³-hybridized carbons (Fsp3) is 0.889. The van der Waals surface area contributed by atoms with Crippen LogP contribution in [0.4, 0.5) is 26.3 Å². The van der Waals surface area contributed by atoms with E-state index in [-0.39, 0.29) is 87.7 Å². The molecule has 0 aromatic carbocycles. The van der Waals surface area contributed by atoms with Crippen LogP contribution in [0.25, 0.3) is 0 Å². The maximum atomic E-state index is 12.8. The smallest absolute Gasteiger partial charge is 0.747 e. The predicted molar refractivity (Wildman–Crippen MR) is 144 cm³/mol. The van der Waals surface area contributed by atoms with Crippen LogP contribution in [-0.2, 0) is 48.2 Å². The van der Waals surface area contributed by atoms with Gasteiger partial charge < -0.3 is 18.8 Å². The molecule has 0 aromatic rings. The van der Waals surface area contributed by atoms with Gasteiger partial charge in [0.05, 0.1) is 45.4 Å². The Bertz CT molecular complexity index is 949. The molecular formula is C27H43F6NaO11S. The second-order valence-corrected chi connectivity index (χ2v) is 11.6. The molecule has 0 spiro atoms. The van der Waals surface area contributed by atoms with Crippen molar-refractivity contribution in [1.82, 2.24) is 0 Å². The number of hydrogen-bond donors (Lipinski definition) is 0. The fourth-order valence-corrected chi connectivity index (χ4v) is 4.87. The van der Waals surface area contributed by atoms with E-state index in [1.807, 2.05) is 6.92 Å². The van der Waals surface area contributed by atoms with Gasteiger partial charge in [-0.2, -0.15) is 0 Å². The van der Waals surface area contributed by atoms with Crippen LogP contribution in [0.1, 0.15) is 96.8 Å². The van der Waals surface area contributed by atoms with Gasteiger partial charge in [0.15, 0.2) is 5.25 Å². The van der Waals surface area contributed by atoms with E-state index in [9.17, 15) is 53.7 Å². The molecule has 19 heteroatoms. The zero-order valence-electron chi connectivity index (χ0n) is 26.3. The normalized spacial score (nSPS) is 13.4. The largest absolute Gasteiger partial charge is 1.00 e. The van der Waals surface area contributed by atoms with Gasteiger partial charge in [0.2, 0.25) is 0 Å². The third kappa shape index (κ3) is 26.8. The zero-order chi connectivity index (χ0) is 34.4. The number of ether oxygens (including phenoxy) is 5. The molecule has 0 bridgehead atoms. The van der Waals surface area contributed by atoms with Gasteiger partial charge in [-0.25, -0.2) is 8.42 Å². The number of alkyl halides is 6. The second-order valence-electron chi connectivity index (χ2n) is 10.1. The molecule has 0 fully saturated rings. The Kier molecular flexibility index (Phi) is 26.3. The molecule has 0 amide bonds. The molecule has 2 unspecified atom stereocenters. The van der Waals surface area contributed by atoms with Crippen LogP contribution in [0.15, 0.2) is 0 Å². The van der Waals surface area contributed by atoms with Crippen molar-refractivity contribution in [2.24, 2.45) is 5.92 Å². The molecule has 266 valence electrons. The molecule has 0 rings (SSSR count). The van der Waals surface area contributed by atoms with Crippen LogP contribution < -0.4 is 29.6 Å². The number of hydrogen-bond acceptors (Lipinski definition) is 11. The van der Waals surface area contributed by atoms with E-state index in [4.69, 9.17) is 14.2 Å². The van der Waals surface area contributed by atoms with Gasteiger partial charge in [-0.05, 0) is 44.9 Å². The van der Waals surface area contributed by atoms with Crippen LogP contribution in [0, 0.1) is 5.92 Å². The van der Waals surface area contributed by atoms with Crippen LogP contribution >= 0.6 is 0 Å². The molecule has 0 saturated carbocycles. The molecule has 0 aliphatic heterocycles. The summed E-state index contributed by atoms with van der Waals surface area (Å²) in [6.07, 6.45) is -4.99. The Morgan fingerprint density at radius 2 is 0.978 bits per heavy atom. The second kappa shape index (κ2) is 25.8. The Morgan fingerprint density at radius 3 is 1.37 bits per heavy atom. The Hall–Kier alpha value is -1.18. The standard InChI is InChI=1S/C27H44F6O11S.Na/c1-2-3-4-5-10-15-40-22(34)20-21(24(35)41-16-11-6-8-13-18-43-26(28,29)30)23(45(37,38)39)25(36)42-17-12-7-9-14-19-44-27(31,32)33;/h21,23H,2-20H2,1H3,(H,37,38,39);/q;+1/p-1. The SMILES string of the molecule is CCCCCCCOC(=O)CC(C(=O)OCCCCCCOC(F)(F)F)C(C(=O)OCCCCCCOC(F)(F)F)S(=O)(=O)[O-].[Na+]. The first kappa shape index (κ1) is 46.9. The van der Waals surface area contributed by atoms with E-state index < -0.39 is 78.2 Å². The van der Waals surface area contributed by atoms with Crippen molar-refractivity contribution in [3.63, 3.8) is 0 Å².